The van der Waals surface area contributed by atoms with Crippen molar-refractivity contribution in [3.8, 4) is 5.75 Å². The summed E-state index contributed by atoms with van der Waals surface area (Å²) in [6.07, 6.45) is -0.138. The number of ether oxygens (including phenoxy) is 1. The van der Waals surface area contributed by atoms with Gasteiger partial charge >= 0.3 is 160 Å². The molecule has 0 amide bonds. The van der Waals surface area contributed by atoms with Gasteiger partial charge in [-0.2, -0.15) is 0 Å². The van der Waals surface area contributed by atoms with Crippen LogP contribution in [0.1, 0.15) is 24.2 Å². The molecule has 1 aromatic carbocycles. The van der Waals surface area contributed by atoms with Crippen LogP contribution in [-0.2, 0) is 19.1 Å². The summed E-state index contributed by atoms with van der Waals surface area (Å²) >= 11 is -0.727. The molecular formula is C18H18AsF3N4O. The van der Waals surface area contributed by atoms with E-state index < -0.39 is 27.8 Å². The first-order valence-electron chi connectivity index (χ1n) is 8.63. The van der Waals surface area contributed by atoms with Gasteiger partial charge in [0.1, 0.15) is 0 Å². The normalized spacial score (nSPS) is 15.1. The third kappa shape index (κ3) is 4.10. The van der Waals surface area contributed by atoms with Gasteiger partial charge < -0.3 is 0 Å². The van der Waals surface area contributed by atoms with E-state index in [0.717, 1.165) is 24.2 Å². The van der Waals surface area contributed by atoms with E-state index in [0.29, 0.717) is 27.7 Å². The molecule has 1 aliphatic carbocycles. The van der Waals surface area contributed by atoms with Gasteiger partial charge in [0.2, 0.25) is 0 Å². The van der Waals surface area contributed by atoms with Crippen molar-refractivity contribution in [3.05, 3.63) is 42.0 Å². The molecule has 0 saturated heterocycles. The Labute approximate surface area is 160 Å². The molecule has 1 fully saturated rings. The molecule has 0 aliphatic heterocycles. The van der Waals surface area contributed by atoms with Crippen LogP contribution in [0, 0.1) is 0 Å². The molecule has 0 bridgehead atoms. The number of imidazole rings is 1. The first-order valence-corrected chi connectivity index (χ1v) is 10.9. The number of rotatable bonds is 6. The number of methoxy groups -OCH3 is 1. The molecule has 0 spiro atoms. The molecule has 1 saturated carbocycles. The number of nitrogens with zero attached hydrogens (tertiary/aromatic N) is 4. The third-order valence-corrected chi connectivity index (χ3v) is 7.81. The molecule has 5 nitrogen and oxygen atoms in total. The zero-order chi connectivity index (χ0) is 19.0. The number of alkyl halides is 3. The van der Waals surface area contributed by atoms with E-state index in [1.54, 1.807) is 18.0 Å². The second-order valence-corrected chi connectivity index (χ2v) is 9.83. The minimum atomic E-state index is -4.55. The van der Waals surface area contributed by atoms with Crippen molar-refractivity contribution in [2.75, 3.05) is 7.11 Å². The van der Waals surface area contributed by atoms with Crippen LogP contribution in [-0.4, -0.2) is 42.4 Å². The fourth-order valence-corrected chi connectivity index (χ4v) is 5.58. The molecule has 1 atom stereocenters. The van der Waals surface area contributed by atoms with Gasteiger partial charge in [0, 0.05) is 0 Å². The zero-order valence-electron chi connectivity index (χ0n) is 14.6. The van der Waals surface area contributed by atoms with Gasteiger partial charge in [0.25, 0.3) is 0 Å². The summed E-state index contributed by atoms with van der Waals surface area (Å²) in [6, 6.07) is 7.62. The molecule has 4 rings (SSSR count). The molecule has 2 aromatic heterocycles. The number of aryl methyl sites for hydroxylation is 2. The Kier molecular flexibility index (Phi) is 4.84. The number of benzene rings is 1. The predicted molar refractivity (Wildman–Crippen MR) is 96.8 cm³/mol. The van der Waals surface area contributed by atoms with Crippen molar-refractivity contribution in [3.63, 3.8) is 0 Å². The van der Waals surface area contributed by atoms with Gasteiger partial charge in [0.05, 0.1) is 0 Å². The Morgan fingerprint density at radius 1 is 1.19 bits per heavy atom. The van der Waals surface area contributed by atoms with E-state index in [4.69, 9.17) is 4.74 Å². The van der Waals surface area contributed by atoms with E-state index in [1.807, 2.05) is 24.3 Å². The molecule has 142 valence electrons. The Balaban J connectivity index is 1.63. The van der Waals surface area contributed by atoms with E-state index in [2.05, 4.69) is 15.0 Å². The van der Waals surface area contributed by atoms with Crippen LogP contribution in [0.2, 0.25) is 4.71 Å². The molecule has 1 unspecified atom stereocenters. The summed E-state index contributed by atoms with van der Waals surface area (Å²) in [5.74, 6) is -0.288. The van der Waals surface area contributed by atoms with Crippen LogP contribution in [0.5, 0.6) is 5.75 Å². The SMILES string of the molecule is COc1ccc(CCn2cnc3c([AsH]C4CC4)nc(C(F)(F)F)nc32)cc1. The van der Waals surface area contributed by atoms with Crippen LogP contribution < -0.4 is 9.22 Å². The molecule has 9 heteroatoms. The molecule has 2 heterocycles. The van der Waals surface area contributed by atoms with Gasteiger partial charge in [-0.3, -0.25) is 0 Å². The Morgan fingerprint density at radius 2 is 1.93 bits per heavy atom. The minimum absolute atomic E-state index is 0.283. The Morgan fingerprint density at radius 3 is 2.56 bits per heavy atom. The van der Waals surface area contributed by atoms with Crippen LogP contribution >= 0.6 is 0 Å². The van der Waals surface area contributed by atoms with Crippen molar-refractivity contribution in [1.29, 1.82) is 0 Å². The van der Waals surface area contributed by atoms with Crippen molar-refractivity contribution in [1.82, 2.24) is 19.5 Å². The standard InChI is InChI=1S/C18H18AsF3N4O/c1-27-13-6-2-11(3-7-13)8-9-26-10-23-14-15(19-12-4-5-12)24-17(18(20,21)22)25-16(14)26/h2-3,6-7,10,12,19H,4-5,8-9H2,1H3. The molecule has 1 aliphatic rings. The van der Waals surface area contributed by atoms with Gasteiger partial charge in [-0.25, -0.2) is 0 Å². The predicted octanol–water partition coefficient (Wildman–Crippen LogP) is 2.74. The fraction of sp³-hybridized carbons (Fsp3) is 0.389. The molecule has 0 radical (unpaired) electrons. The van der Waals surface area contributed by atoms with E-state index in [1.165, 1.54) is 0 Å². The van der Waals surface area contributed by atoms with Crippen LogP contribution in [0.3, 0.4) is 0 Å². The number of aromatic nitrogens is 4. The number of halogens is 3. The monoisotopic (exact) mass is 438 g/mol. The van der Waals surface area contributed by atoms with E-state index in [-0.39, 0.29) is 5.65 Å². The maximum atomic E-state index is 13.3. The topological polar surface area (TPSA) is 52.8 Å². The number of hydrogen-bond donors (Lipinski definition) is 0. The number of fused-ring (bicyclic) bond motifs is 1. The van der Waals surface area contributed by atoms with Gasteiger partial charge in [-0.1, -0.05) is 0 Å². The van der Waals surface area contributed by atoms with Crippen molar-refractivity contribution in [2.24, 2.45) is 0 Å². The average molecular weight is 438 g/mol. The summed E-state index contributed by atoms with van der Waals surface area (Å²) in [6.45, 7) is 0.500. The van der Waals surface area contributed by atoms with Gasteiger partial charge in [0.15, 0.2) is 0 Å². The first kappa shape index (κ1) is 18.3. The zero-order valence-corrected chi connectivity index (χ0v) is 16.7. The Hall–Kier alpha value is -2.08. The van der Waals surface area contributed by atoms with Gasteiger partial charge in [-0.15, -0.1) is 0 Å². The molecule has 3 aromatic rings. The van der Waals surface area contributed by atoms with Crippen molar-refractivity contribution in [2.45, 2.75) is 36.7 Å². The van der Waals surface area contributed by atoms with Crippen LogP contribution in [0.15, 0.2) is 30.6 Å². The first-order chi connectivity index (χ1) is 12.9. The van der Waals surface area contributed by atoms with Crippen LogP contribution in [0.4, 0.5) is 13.2 Å². The average Bonchev–Trinajstić information content (AvgIpc) is 3.37. The molecule has 0 N–H and O–H groups in total. The van der Waals surface area contributed by atoms with E-state index >= 15 is 0 Å². The summed E-state index contributed by atoms with van der Waals surface area (Å²) < 4.78 is 47.7. The number of hydrogen-bond acceptors (Lipinski definition) is 4. The van der Waals surface area contributed by atoms with Crippen LogP contribution in [0.25, 0.3) is 11.2 Å². The molecular weight excluding hydrogens is 420 g/mol. The third-order valence-electron chi connectivity index (χ3n) is 4.44. The second kappa shape index (κ2) is 7.15. The van der Waals surface area contributed by atoms with Crippen molar-refractivity contribution >= 4 is 31.4 Å². The quantitative estimate of drug-likeness (QED) is 0.556. The summed E-state index contributed by atoms with van der Waals surface area (Å²) in [4.78, 5) is 12.0. The summed E-state index contributed by atoms with van der Waals surface area (Å²) in [7, 11) is 1.60. The molecule has 27 heavy (non-hydrogen) atoms. The van der Waals surface area contributed by atoms with E-state index in [9.17, 15) is 13.2 Å². The summed E-state index contributed by atoms with van der Waals surface area (Å²) in [5, 5.41) is 0. The van der Waals surface area contributed by atoms with Gasteiger partial charge in [-0.05, 0) is 0 Å². The summed E-state index contributed by atoms with van der Waals surface area (Å²) in [5.41, 5.74) is 1.88. The second-order valence-electron chi connectivity index (χ2n) is 6.52. The Bertz CT molecular complexity index is 952. The fourth-order valence-electron chi connectivity index (χ4n) is 2.80. The van der Waals surface area contributed by atoms with Crippen molar-refractivity contribution < 1.29 is 17.9 Å². The maximum absolute atomic E-state index is 13.3.